The maximum Gasteiger partial charge on any atom is 0.323 e. The molecule has 0 radical (unpaired) electrons. The number of carbonyl (C=O) groups excluding carboxylic acids is 1. The van der Waals surface area contributed by atoms with Crippen molar-refractivity contribution in [3.63, 3.8) is 0 Å². The van der Waals surface area contributed by atoms with Gasteiger partial charge in [-0.15, -0.1) is 0 Å². The molecule has 2 N–H and O–H groups in total. The van der Waals surface area contributed by atoms with E-state index in [0.29, 0.717) is 11.4 Å². The van der Waals surface area contributed by atoms with Crippen molar-refractivity contribution in [2.24, 2.45) is 0 Å². The summed E-state index contributed by atoms with van der Waals surface area (Å²) in [5, 5.41) is 5.06. The quantitative estimate of drug-likeness (QED) is 0.627. The highest BCUT2D eigenvalue weighted by Crippen LogP contribution is 2.13. The van der Waals surface area contributed by atoms with Crippen LogP contribution in [0.3, 0.4) is 0 Å². The van der Waals surface area contributed by atoms with Crippen molar-refractivity contribution in [3.8, 4) is 0 Å². The standard InChI is InChI=1S/C13H12N2O5S2/c16-13(14-9-1-5-11(6-2-9)21(17)18)15-10-3-7-12(8-4-10)22(19)20/h1-8,21-22H,(H2,14,15,16). The van der Waals surface area contributed by atoms with Crippen LogP contribution in [0.4, 0.5) is 16.2 Å². The van der Waals surface area contributed by atoms with Gasteiger partial charge in [-0.3, -0.25) is 0 Å². The molecule has 0 spiro atoms. The minimum atomic E-state index is -2.65. The van der Waals surface area contributed by atoms with E-state index in [1.165, 1.54) is 48.5 Å². The molecule has 116 valence electrons. The van der Waals surface area contributed by atoms with Crippen LogP contribution < -0.4 is 10.6 Å². The van der Waals surface area contributed by atoms with Crippen LogP contribution in [-0.2, 0) is 21.4 Å². The number of urea groups is 1. The van der Waals surface area contributed by atoms with Crippen LogP contribution in [0.15, 0.2) is 58.3 Å². The number of carbonyl (C=O) groups is 1. The number of hydrogen-bond acceptors (Lipinski definition) is 5. The second-order valence-corrected chi connectivity index (χ2v) is 6.25. The van der Waals surface area contributed by atoms with E-state index >= 15 is 0 Å². The maximum atomic E-state index is 11.8. The Kier molecular flexibility index (Phi) is 5.12. The van der Waals surface area contributed by atoms with Gasteiger partial charge in [-0.2, -0.15) is 0 Å². The lowest BCUT2D eigenvalue weighted by Gasteiger charge is -2.07. The second-order valence-electron chi connectivity index (χ2n) is 4.19. The normalized spacial score (nSPS) is 10.6. The van der Waals surface area contributed by atoms with Gasteiger partial charge in [0.2, 0.25) is 0 Å². The number of rotatable bonds is 4. The van der Waals surface area contributed by atoms with Crippen LogP contribution in [0.1, 0.15) is 0 Å². The first-order valence-electron chi connectivity index (χ1n) is 6.02. The van der Waals surface area contributed by atoms with Gasteiger partial charge >= 0.3 is 6.03 Å². The summed E-state index contributed by atoms with van der Waals surface area (Å²) < 4.78 is 43.0. The molecule has 22 heavy (non-hydrogen) atoms. The molecule has 7 nitrogen and oxygen atoms in total. The van der Waals surface area contributed by atoms with Crippen molar-refractivity contribution in [2.45, 2.75) is 9.79 Å². The lowest BCUT2D eigenvalue weighted by molar-refractivity contribution is 0.262. The van der Waals surface area contributed by atoms with E-state index < -0.39 is 27.4 Å². The average molecular weight is 340 g/mol. The molecule has 9 heteroatoms. The summed E-state index contributed by atoms with van der Waals surface area (Å²) in [5.41, 5.74) is 0.856. The fraction of sp³-hybridized carbons (Fsp3) is 0. The first-order chi connectivity index (χ1) is 10.5. The van der Waals surface area contributed by atoms with Gasteiger partial charge < -0.3 is 10.6 Å². The Labute approximate surface area is 129 Å². The largest absolute Gasteiger partial charge is 0.323 e. The topological polar surface area (TPSA) is 109 Å². The van der Waals surface area contributed by atoms with E-state index in [2.05, 4.69) is 10.6 Å². The van der Waals surface area contributed by atoms with Gasteiger partial charge in [0.05, 0.1) is 9.79 Å². The zero-order chi connectivity index (χ0) is 16.1. The highest BCUT2D eigenvalue weighted by atomic mass is 32.2. The number of anilines is 2. The maximum absolute atomic E-state index is 11.8. The molecule has 0 unspecified atom stereocenters. The zero-order valence-corrected chi connectivity index (χ0v) is 12.8. The van der Waals surface area contributed by atoms with E-state index in [1.807, 2.05) is 0 Å². The minimum Gasteiger partial charge on any atom is -0.308 e. The predicted octanol–water partition coefficient (Wildman–Crippen LogP) is 1.27. The Morgan fingerprint density at radius 1 is 0.636 bits per heavy atom. The molecule has 2 aromatic rings. The number of benzene rings is 2. The third kappa shape index (κ3) is 4.30. The summed E-state index contributed by atoms with van der Waals surface area (Å²) in [6, 6.07) is 10.8. The molecule has 0 fully saturated rings. The van der Waals surface area contributed by atoms with Crippen LogP contribution in [0.2, 0.25) is 0 Å². The molecular weight excluding hydrogens is 328 g/mol. The second kappa shape index (κ2) is 7.05. The number of nitrogens with one attached hydrogen (secondary N) is 2. The monoisotopic (exact) mass is 340 g/mol. The van der Waals surface area contributed by atoms with Crippen molar-refractivity contribution >= 4 is 38.8 Å². The summed E-state index contributed by atoms with van der Waals surface area (Å²) in [4.78, 5) is 12.1. The first-order valence-corrected chi connectivity index (χ1v) is 8.38. The summed E-state index contributed by atoms with van der Waals surface area (Å²) in [5.74, 6) is 0. The van der Waals surface area contributed by atoms with Crippen molar-refractivity contribution in [3.05, 3.63) is 48.5 Å². The fourth-order valence-corrected chi connectivity index (χ4v) is 2.41. The SMILES string of the molecule is O=C(Nc1ccc([SH](=O)=O)cc1)Nc1ccc([SH](=O)=O)cc1. The molecule has 0 heterocycles. The van der Waals surface area contributed by atoms with Crippen LogP contribution in [-0.4, -0.2) is 22.9 Å². The molecule has 0 aliphatic heterocycles. The smallest absolute Gasteiger partial charge is 0.308 e. The Morgan fingerprint density at radius 3 is 1.23 bits per heavy atom. The third-order valence-corrected chi connectivity index (χ3v) is 4.11. The lowest BCUT2D eigenvalue weighted by Crippen LogP contribution is -2.19. The van der Waals surface area contributed by atoms with E-state index in [4.69, 9.17) is 0 Å². The van der Waals surface area contributed by atoms with Crippen LogP contribution >= 0.6 is 0 Å². The highest BCUT2D eigenvalue weighted by Gasteiger charge is 2.04. The minimum absolute atomic E-state index is 0.156. The highest BCUT2D eigenvalue weighted by molar-refractivity contribution is 7.72. The summed E-state index contributed by atoms with van der Waals surface area (Å²) in [6.07, 6.45) is 0. The number of thiol groups is 2. The Hall–Kier alpha value is -2.39. The van der Waals surface area contributed by atoms with E-state index in [-0.39, 0.29) is 9.79 Å². The van der Waals surface area contributed by atoms with Crippen LogP contribution in [0.25, 0.3) is 0 Å². The Morgan fingerprint density at radius 2 is 0.955 bits per heavy atom. The van der Waals surface area contributed by atoms with Crippen molar-refractivity contribution in [2.75, 3.05) is 10.6 Å². The van der Waals surface area contributed by atoms with Crippen molar-refractivity contribution in [1.82, 2.24) is 0 Å². The molecule has 2 rings (SSSR count). The van der Waals surface area contributed by atoms with Gasteiger partial charge in [0.15, 0.2) is 21.4 Å². The average Bonchev–Trinajstić information content (AvgIpc) is 2.48. The first kappa shape index (κ1) is 16.0. The molecular formula is C13H12N2O5S2. The van der Waals surface area contributed by atoms with Gasteiger partial charge in [-0.1, -0.05) is 0 Å². The summed E-state index contributed by atoms with van der Waals surface area (Å²) in [7, 11) is -5.31. The van der Waals surface area contributed by atoms with Gasteiger partial charge in [-0.25, -0.2) is 21.6 Å². The molecule has 0 saturated carbocycles. The molecule has 2 aromatic carbocycles. The molecule has 0 bridgehead atoms. The van der Waals surface area contributed by atoms with Gasteiger partial charge in [0, 0.05) is 11.4 Å². The van der Waals surface area contributed by atoms with E-state index in [1.54, 1.807) is 0 Å². The summed E-state index contributed by atoms with van der Waals surface area (Å²) in [6.45, 7) is 0. The van der Waals surface area contributed by atoms with Gasteiger partial charge in [0.1, 0.15) is 0 Å². The van der Waals surface area contributed by atoms with Gasteiger partial charge in [-0.05, 0) is 48.5 Å². The summed E-state index contributed by atoms with van der Waals surface area (Å²) >= 11 is 0. The van der Waals surface area contributed by atoms with E-state index in [9.17, 15) is 21.6 Å². The molecule has 2 amide bonds. The van der Waals surface area contributed by atoms with Crippen LogP contribution in [0, 0.1) is 0 Å². The number of amides is 2. The van der Waals surface area contributed by atoms with Crippen molar-refractivity contribution < 1.29 is 21.6 Å². The molecule has 0 aliphatic carbocycles. The third-order valence-electron chi connectivity index (χ3n) is 2.67. The molecule has 0 aromatic heterocycles. The molecule has 0 atom stereocenters. The Bertz CT molecular complexity index is 739. The fourth-order valence-electron chi connectivity index (χ4n) is 1.63. The molecule has 0 saturated heterocycles. The number of hydrogen-bond donors (Lipinski definition) is 4. The lowest BCUT2D eigenvalue weighted by atomic mass is 10.3. The predicted molar refractivity (Wildman–Crippen MR) is 82.7 cm³/mol. The van der Waals surface area contributed by atoms with Gasteiger partial charge in [0.25, 0.3) is 0 Å². The van der Waals surface area contributed by atoms with Crippen molar-refractivity contribution in [1.29, 1.82) is 0 Å². The van der Waals surface area contributed by atoms with E-state index in [0.717, 1.165) is 0 Å². The van der Waals surface area contributed by atoms with Crippen LogP contribution in [0.5, 0.6) is 0 Å². The molecule has 0 aliphatic rings. The zero-order valence-electron chi connectivity index (χ0n) is 11.1. The Balaban J connectivity index is 2.00.